The average Bonchev–Trinajstić information content (AvgIpc) is 2.88. The first-order valence-electron chi connectivity index (χ1n) is 5.41. The predicted molar refractivity (Wildman–Crippen MR) is 54.6 cm³/mol. The molecule has 1 aliphatic heterocycles. The van der Waals surface area contributed by atoms with Gasteiger partial charge in [0, 0.05) is 23.6 Å². The van der Waals surface area contributed by atoms with E-state index in [1.807, 2.05) is 0 Å². The molecule has 1 aromatic carbocycles. The monoisotopic (exact) mass is 237 g/mol. The zero-order valence-electron chi connectivity index (χ0n) is 8.93. The first-order chi connectivity index (χ1) is 8.18. The summed E-state index contributed by atoms with van der Waals surface area (Å²) in [6.45, 7) is 0.337. The van der Waals surface area contributed by atoms with Gasteiger partial charge in [0.1, 0.15) is 11.4 Å². The molecule has 3 rings (SSSR count). The molecule has 3 nitrogen and oxygen atoms in total. The maximum atomic E-state index is 13.9. The molecule has 0 atom stereocenters. The van der Waals surface area contributed by atoms with Crippen molar-refractivity contribution in [2.24, 2.45) is 4.99 Å². The summed E-state index contributed by atoms with van der Waals surface area (Å²) >= 11 is 0. The van der Waals surface area contributed by atoms with E-state index in [4.69, 9.17) is 4.74 Å². The van der Waals surface area contributed by atoms with E-state index in [9.17, 15) is 13.6 Å². The van der Waals surface area contributed by atoms with Crippen molar-refractivity contribution >= 4 is 6.08 Å². The second kappa shape index (κ2) is 3.37. The predicted octanol–water partition coefficient (Wildman–Crippen LogP) is 2.22. The van der Waals surface area contributed by atoms with Crippen LogP contribution in [-0.4, -0.2) is 12.7 Å². The minimum Gasteiger partial charge on any atom is -0.490 e. The summed E-state index contributed by atoms with van der Waals surface area (Å²) in [6, 6.07) is 0.805. The Labute approximate surface area is 96.1 Å². The molecule has 0 saturated heterocycles. The highest BCUT2D eigenvalue weighted by Crippen LogP contribution is 2.53. The summed E-state index contributed by atoms with van der Waals surface area (Å²) in [6.07, 6.45) is 3.12. The lowest BCUT2D eigenvalue weighted by Gasteiger charge is -2.14. The smallest absolute Gasteiger partial charge is 0.235 e. The normalized spacial score (nSPS) is 19.2. The van der Waals surface area contributed by atoms with Gasteiger partial charge in [-0.25, -0.2) is 13.6 Å². The van der Waals surface area contributed by atoms with E-state index in [1.165, 1.54) is 6.08 Å². The van der Waals surface area contributed by atoms with E-state index in [0.717, 1.165) is 6.07 Å². The standard InChI is InChI=1S/C12H9F2NO2/c13-8-5-9(14)11-7(1-4-17-11)10(8)12(2-3-12)15-6-16/h5H,1-4H2. The van der Waals surface area contributed by atoms with E-state index >= 15 is 0 Å². The van der Waals surface area contributed by atoms with Crippen LogP contribution in [0.3, 0.4) is 0 Å². The molecule has 17 heavy (non-hydrogen) atoms. The van der Waals surface area contributed by atoms with E-state index in [0.29, 0.717) is 37.0 Å². The highest BCUT2D eigenvalue weighted by molar-refractivity contribution is 5.52. The minimum absolute atomic E-state index is 0.105. The number of ether oxygens (including phenoxy) is 1. The number of halogens is 2. The highest BCUT2D eigenvalue weighted by Gasteiger charge is 2.49. The van der Waals surface area contributed by atoms with E-state index in [1.54, 1.807) is 0 Å². The number of benzene rings is 1. The summed E-state index contributed by atoms with van der Waals surface area (Å²) in [5.74, 6) is -1.23. The Kier molecular flexibility index (Phi) is 2.07. The Hall–Kier alpha value is -1.74. The Morgan fingerprint density at radius 2 is 2.12 bits per heavy atom. The lowest BCUT2D eigenvalue weighted by molar-refractivity contribution is 0.338. The molecule has 0 radical (unpaired) electrons. The summed E-state index contributed by atoms with van der Waals surface area (Å²) in [5, 5.41) is 0. The van der Waals surface area contributed by atoms with Crippen LogP contribution in [0.1, 0.15) is 24.0 Å². The average molecular weight is 237 g/mol. The van der Waals surface area contributed by atoms with Gasteiger partial charge in [-0.2, -0.15) is 4.99 Å². The van der Waals surface area contributed by atoms with Crippen molar-refractivity contribution in [2.75, 3.05) is 6.61 Å². The van der Waals surface area contributed by atoms with Gasteiger partial charge in [-0.05, 0) is 12.8 Å². The van der Waals surface area contributed by atoms with E-state index < -0.39 is 17.2 Å². The number of hydrogen-bond acceptors (Lipinski definition) is 3. The second-order valence-electron chi connectivity index (χ2n) is 4.36. The minimum atomic E-state index is -0.822. The summed E-state index contributed by atoms with van der Waals surface area (Å²) in [5.41, 5.74) is 0.00544. The summed E-state index contributed by atoms with van der Waals surface area (Å²) in [4.78, 5) is 14.1. The third kappa shape index (κ3) is 1.39. The van der Waals surface area contributed by atoms with Crippen molar-refractivity contribution in [3.8, 4) is 5.75 Å². The summed E-state index contributed by atoms with van der Waals surface area (Å²) in [7, 11) is 0. The molecule has 1 fully saturated rings. The molecule has 0 spiro atoms. The molecule has 0 N–H and O–H groups in total. The molecule has 1 aromatic rings. The SMILES string of the molecule is O=C=NC1(c2c(F)cc(F)c3c2CCO3)CC1. The van der Waals surface area contributed by atoms with Crippen LogP contribution >= 0.6 is 0 Å². The van der Waals surface area contributed by atoms with Gasteiger partial charge in [0.15, 0.2) is 11.6 Å². The third-order valence-corrected chi connectivity index (χ3v) is 3.33. The zero-order valence-corrected chi connectivity index (χ0v) is 8.93. The number of isocyanates is 1. The molecule has 1 heterocycles. The van der Waals surface area contributed by atoms with Crippen molar-refractivity contribution in [2.45, 2.75) is 24.8 Å². The maximum Gasteiger partial charge on any atom is 0.235 e. The lowest BCUT2D eigenvalue weighted by atomic mass is 9.96. The zero-order chi connectivity index (χ0) is 12.0. The van der Waals surface area contributed by atoms with Gasteiger partial charge >= 0.3 is 0 Å². The fourth-order valence-corrected chi connectivity index (χ4v) is 2.43. The third-order valence-electron chi connectivity index (χ3n) is 3.33. The number of carbonyl (C=O) groups excluding carboxylic acids is 1. The molecule has 0 amide bonds. The van der Waals surface area contributed by atoms with Crippen LogP contribution in [0.15, 0.2) is 11.1 Å². The topological polar surface area (TPSA) is 38.7 Å². The van der Waals surface area contributed by atoms with Gasteiger partial charge in [-0.1, -0.05) is 0 Å². The van der Waals surface area contributed by atoms with Gasteiger partial charge < -0.3 is 4.74 Å². The van der Waals surface area contributed by atoms with Crippen LogP contribution in [0, 0.1) is 11.6 Å². The van der Waals surface area contributed by atoms with Crippen LogP contribution in [0.4, 0.5) is 8.78 Å². The molecule has 5 heteroatoms. The maximum absolute atomic E-state index is 13.9. The van der Waals surface area contributed by atoms with Gasteiger partial charge in [-0.3, -0.25) is 0 Å². The Bertz CT molecular complexity index is 546. The highest BCUT2D eigenvalue weighted by atomic mass is 19.1. The van der Waals surface area contributed by atoms with Crippen LogP contribution in [0.2, 0.25) is 0 Å². The molecule has 88 valence electrons. The molecule has 0 bridgehead atoms. The Morgan fingerprint density at radius 3 is 2.76 bits per heavy atom. The molecule has 1 aliphatic carbocycles. The fourth-order valence-electron chi connectivity index (χ4n) is 2.43. The van der Waals surface area contributed by atoms with Gasteiger partial charge in [0.2, 0.25) is 6.08 Å². The van der Waals surface area contributed by atoms with Crippen LogP contribution < -0.4 is 4.74 Å². The molecule has 0 unspecified atom stereocenters. The van der Waals surface area contributed by atoms with Gasteiger partial charge in [0.25, 0.3) is 0 Å². The largest absolute Gasteiger partial charge is 0.490 e. The van der Waals surface area contributed by atoms with Crippen LogP contribution in [0.5, 0.6) is 5.75 Å². The number of rotatable bonds is 2. The van der Waals surface area contributed by atoms with Gasteiger partial charge in [-0.15, -0.1) is 0 Å². The lowest BCUT2D eigenvalue weighted by Crippen LogP contribution is -2.10. The van der Waals surface area contributed by atoms with Gasteiger partial charge in [0.05, 0.1) is 6.61 Å². The van der Waals surface area contributed by atoms with Crippen molar-refractivity contribution in [1.82, 2.24) is 0 Å². The molecule has 1 saturated carbocycles. The number of nitrogens with zero attached hydrogens (tertiary/aromatic N) is 1. The molecular weight excluding hydrogens is 228 g/mol. The molecule has 2 aliphatic rings. The molecule has 0 aromatic heterocycles. The number of fused-ring (bicyclic) bond motifs is 1. The Balaban J connectivity index is 2.24. The van der Waals surface area contributed by atoms with E-state index in [2.05, 4.69) is 4.99 Å². The van der Waals surface area contributed by atoms with Crippen molar-refractivity contribution in [3.05, 3.63) is 28.8 Å². The fraction of sp³-hybridized carbons (Fsp3) is 0.417. The quantitative estimate of drug-likeness (QED) is 0.584. The van der Waals surface area contributed by atoms with Crippen LogP contribution in [-0.2, 0) is 16.8 Å². The molecular formula is C12H9F2NO2. The van der Waals surface area contributed by atoms with Crippen molar-refractivity contribution in [1.29, 1.82) is 0 Å². The van der Waals surface area contributed by atoms with Crippen molar-refractivity contribution in [3.63, 3.8) is 0 Å². The number of aliphatic imine (C=N–C) groups is 1. The number of hydrogen-bond donors (Lipinski definition) is 0. The van der Waals surface area contributed by atoms with Crippen LogP contribution in [0.25, 0.3) is 0 Å². The first-order valence-corrected chi connectivity index (χ1v) is 5.41. The Morgan fingerprint density at radius 1 is 1.35 bits per heavy atom. The summed E-state index contributed by atoms with van der Waals surface area (Å²) < 4.78 is 32.5. The van der Waals surface area contributed by atoms with E-state index in [-0.39, 0.29) is 5.75 Å². The van der Waals surface area contributed by atoms with Crippen molar-refractivity contribution < 1.29 is 18.3 Å². The first kappa shape index (κ1) is 10.4. The second-order valence-corrected chi connectivity index (χ2v) is 4.36.